The normalized spacial score (nSPS) is 20.6. The van der Waals surface area contributed by atoms with Gasteiger partial charge in [0.15, 0.2) is 0 Å². The van der Waals surface area contributed by atoms with Crippen molar-refractivity contribution in [3.8, 4) is 0 Å². The molecular weight excluding hydrogens is 374 g/mol. The lowest BCUT2D eigenvalue weighted by atomic mass is 9.87. The van der Waals surface area contributed by atoms with Crippen molar-refractivity contribution >= 4 is 34.2 Å². The number of carbonyl (C=O) groups is 1. The standard InChI is InChI=1S/C22H29NO2S2/c1-4-19-17(22(24)25)7-5-11-23(19)12-6-8-18(20-15(2)9-13-26-20)21-16(3)10-14-27-21/h8-10,13-14,17,19H,4-7,11-12H2,1-3H3,(H,24,25)/t17-,19-/m1/s1. The number of aryl methyl sites for hydroxylation is 2. The molecular formula is C22H29NO2S2. The van der Waals surface area contributed by atoms with Gasteiger partial charge in [0.2, 0.25) is 0 Å². The van der Waals surface area contributed by atoms with E-state index in [9.17, 15) is 9.90 Å². The first-order valence-corrected chi connectivity index (χ1v) is 11.5. The number of hydrogen-bond acceptors (Lipinski definition) is 4. The van der Waals surface area contributed by atoms with Crippen molar-refractivity contribution in [2.75, 3.05) is 13.1 Å². The van der Waals surface area contributed by atoms with Crippen LogP contribution in [0, 0.1) is 19.8 Å². The quantitative estimate of drug-likeness (QED) is 0.633. The fraction of sp³-hybridized carbons (Fsp3) is 0.500. The highest BCUT2D eigenvalue weighted by atomic mass is 32.1. The Morgan fingerprint density at radius 3 is 2.33 bits per heavy atom. The molecule has 0 saturated carbocycles. The topological polar surface area (TPSA) is 40.5 Å². The van der Waals surface area contributed by atoms with Crippen LogP contribution in [0.3, 0.4) is 0 Å². The first-order chi connectivity index (χ1) is 13.0. The van der Waals surface area contributed by atoms with E-state index in [1.807, 2.05) is 22.7 Å². The van der Waals surface area contributed by atoms with Gasteiger partial charge in [-0.05, 0) is 80.1 Å². The van der Waals surface area contributed by atoms with Gasteiger partial charge in [0.05, 0.1) is 5.92 Å². The third-order valence-corrected chi connectivity index (χ3v) is 7.71. The van der Waals surface area contributed by atoms with Crippen molar-refractivity contribution in [1.82, 2.24) is 4.90 Å². The Hall–Kier alpha value is -1.43. The van der Waals surface area contributed by atoms with Crippen LogP contribution in [0.2, 0.25) is 0 Å². The molecule has 0 bridgehead atoms. The number of rotatable bonds is 7. The number of piperidine rings is 1. The Morgan fingerprint density at radius 2 is 1.85 bits per heavy atom. The van der Waals surface area contributed by atoms with E-state index in [4.69, 9.17) is 0 Å². The molecule has 1 N–H and O–H groups in total. The van der Waals surface area contributed by atoms with E-state index in [-0.39, 0.29) is 12.0 Å². The highest BCUT2D eigenvalue weighted by Gasteiger charge is 2.34. The molecule has 5 heteroatoms. The Bertz CT molecular complexity index is 763. The van der Waals surface area contributed by atoms with Gasteiger partial charge in [-0.15, -0.1) is 22.7 Å². The molecule has 0 radical (unpaired) electrons. The Morgan fingerprint density at radius 1 is 1.22 bits per heavy atom. The van der Waals surface area contributed by atoms with E-state index >= 15 is 0 Å². The van der Waals surface area contributed by atoms with E-state index in [0.717, 1.165) is 38.8 Å². The summed E-state index contributed by atoms with van der Waals surface area (Å²) in [6, 6.07) is 4.54. The molecule has 27 heavy (non-hydrogen) atoms. The van der Waals surface area contributed by atoms with E-state index in [1.54, 1.807) is 0 Å². The molecule has 2 aromatic heterocycles. The van der Waals surface area contributed by atoms with Crippen molar-refractivity contribution in [3.63, 3.8) is 0 Å². The second-order valence-corrected chi connectivity index (χ2v) is 9.20. The minimum atomic E-state index is -0.633. The molecule has 3 nitrogen and oxygen atoms in total. The van der Waals surface area contributed by atoms with Crippen LogP contribution in [0.5, 0.6) is 0 Å². The predicted molar refractivity (Wildman–Crippen MR) is 116 cm³/mol. The van der Waals surface area contributed by atoms with Crippen LogP contribution in [0.15, 0.2) is 29.0 Å². The molecule has 146 valence electrons. The van der Waals surface area contributed by atoms with Crippen LogP contribution in [0.25, 0.3) is 5.57 Å². The molecule has 0 spiro atoms. The smallest absolute Gasteiger partial charge is 0.308 e. The van der Waals surface area contributed by atoms with Gasteiger partial charge in [-0.1, -0.05) is 13.0 Å². The fourth-order valence-corrected chi connectivity index (χ4v) is 6.21. The van der Waals surface area contributed by atoms with Gasteiger partial charge in [-0.2, -0.15) is 0 Å². The zero-order valence-corrected chi connectivity index (χ0v) is 18.0. The van der Waals surface area contributed by atoms with Crippen LogP contribution in [0.1, 0.15) is 53.5 Å². The summed E-state index contributed by atoms with van der Waals surface area (Å²) in [4.78, 5) is 16.7. The number of aliphatic carboxylic acids is 1. The number of nitrogens with zero attached hydrogens (tertiary/aromatic N) is 1. The van der Waals surface area contributed by atoms with Gasteiger partial charge in [-0.25, -0.2) is 0 Å². The number of thiophene rings is 2. The van der Waals surface area contributed by atoms with Crippen molar-refractivity contribution in [2.24, 2.45) is 5.92 Å². The molecule has 2 aromatic rings. The van der Waals surface area contributed by atoms with Crippen molar-refractivity contribution in [1.29, 1.82) is 0 Å². The molecule has 0 aliphatic carbocycles. The third-order valence-electron chi connectivity index (χ3n) is 5.61. The number of carboxylic acids is 1. The first kappa shape index (κ1) is 20.3. The zero-order chi connectivity index (χ0) is 19.4. The molecule has 1 saturated heterocycles. The van der Waals surface area contributed by atoms with E-state index < -0.39 is 5.97 Å². The summed E-state index contributed by atoms with van der Waals surface area (Å²) in [6.07, 6.45) is 6.02. The van der Waals surface area contributed by atoms with Crippen LogP contribution >= 0.6 is 22.7 Å². The lowest BCUT2D eigenvalue weighted by Gasteiger charge is -2.39. The van der Waals surface area contributed by atoms with E-state index in [2.05, 4.69) is 54.6 Å². The minimum Gasteiger partial charge on any atom is -0.481 e. The zero-order valence-electron chi connectivity index (χ0n) is 16.4. The lowest BCUT2D eigenvalue weighted by Crippen LogP contribution is -2.47. The summed E-state index contributed by atoms with van der Waals surface area (Å²) < 4.78 is 0. The average Bonchev–Trinajstić information content (AvgIpc) is 3.27. The number of hydrogen-bond donors (Lipinski definition) is 1. The maximum absolute atomic E-state index is 11.6. The molecule has 2 atom stereocenters. The maximum Gasteiger partial charge on any atom is 0.308 e. The summed E-state index contributed by atoms with van der Waals surface area (Å²) in [5.41, 5.74) is 4.00. The summed E-state index contributed by atoms with van der Waals surface area (Å²) in [5, 5.41) is 13.9. The maximum atomic E-state index is 11.6. The van der Waals surface area contributed by atoms with Crippen LogP contribution in [-0.4, -0.2) is 35.1 Å². The number of carboxylic acid groups (broad SMARTS) is 1. The van der Waals surface area contributed by atoms with Crippen molar-refractivity contribution < 1.29 is 9.90 Å². The SMILES string of the molecule is CC[C@@H]1[C@H](C(=O)O)CCCN1CCC=C(c1sccc1C)c1sccc1C. The molecule has 1 aliphatic heterocycles. The summed E-state index contributed by atoms with van der Waals surface area (Å²) in [7, 11) is 0. The van der Waals surface area contributed by atoms with Crippen LogP contribution in [-0.2, 0) is 4.79 Å². The second kappa shape index (κ2) is 9.18. The lowest BCUT2D eigenvalue weighted by molar-refractivity contribution is -0.146. The van der Waals surface area contributed by atoms with Gasteiger partial charge < -0.3 is 5.11 Å². The highest BCUT2D eigenvalue weighted by molar-refractivity contribution is 7.14. The van der Waals surface area contributed by atoms with Gasteiger partial charge >= 0.3 is 5.97 Å². The van der Waals surface area contributed by atoms with E-state index in [0.29, 0.717) is 0 Å². The summed E-state index contributed by atoms with van der Waals surface area (Å²) >= 11 is 3.61. The molecule has 1 aliphatic rings. The van der Waals surface area contributed by atoms with Gasteiger partial charge in [0.1, 0.15) is 0 Å². The van der Waals surface area contributed by atoms with Crippen LogP contribution < -0.4 is 0 Å². The van der Waals surface area contributed by atoms with E-state index in [1.165, 1.54) is 26.5 Å². The van der Waals surface area contributed by atoms with Gasteiger partial charge in [0, 0.05) is 27.9 Å². The Labute approximate surface area is 170 Å². The Balaban J connectivity index is 1.78. The summed E-state index contributed by atoms with van der Waals surface area (Å²) in [6.45, 7) is 8.42. The summed E-state index contributed by atoms with van der Waals surface area (Å²) in [5.74, 6) is -0.850. The van der Waals surface area contributed by atoms with Gasteiger partial charge in [0.25, 0.3) is 0 Å². The fourth-order valence-electron chi connectivity index (χ4n) is 4.20. The van der Waals surface area contributed by atoms with Crippen LogP contribution in [0.4, 0.5) is 0 Å². The van der Waals surface area contributed by atoms with Gasteiger partial charge in [-0.3, -0.25) is 9.69 Å². The second-order valence-electron chi connectivity index (χ2n) is 7.37. The minimum absolute atomic E-state index is 0.167. The molecule has 0 amide bonds. The third kappa shape index (κ3) is 4.53. The molecule has 3 rings (SSSR count). The molecule has 1 fully saturated rings. The largest absolute Gasteiger partial charge is 0.481 e. The first-order valence-electron chi connectivity index (χ1n) is 9.78. The predicted octanol–water partition coefficient (Wildman–Crippen LogP) is 5.82. The average molecular weight is 404 g/mol. The molecule has 0 unspecified atom stereocenters. The monoisotopic (exact) mass is 403 g/mol. The highest BCUT2D eigenvalue weighted by Crippen LogP contribution is 2.35. The molecule has 0 aromatic carbocycles. The van der Waals surface area contributed by atoms with Crippen molar-refractivity contribution in [3.05, 3.63) is 49.9 Å². The number of likely N-dealkylation sites (tertiary alicyclic amines) is 1. The van der Waals surface area contributed by atoms with Crippen molar-refractivity contribution in [2.45, 2.75) is 52.5 Å². The molecule has 3 heterocycles. The Kier molecular flexibility index (Phi) is 6.90.